The second-order valence-electron chi connectivity index (χ2n) is 6.38. The zero-order valence-corrected chi connectivity index (χ0v) is 14.0. The van der Waals surface area contributed by atoms with Crippen LogP contribution in [0, 0.1) is 6.92 Å². The van der Waals surface area contributed by atoms with Gasteiger partial charge in [0.25, 0.3) is 0 Å². The summed E-state index contributed by atoms with van der Waals surface area (Å²) in [5, 5.41) is 9.81. The van der Waals surface area contributed by atoms with Crippen molar-refractivity contribution in [3.05, 3.63) is 48.0 Å². The molecule has 2 aromatic rings. The maximum Gasteiger partial charge on any atom is 0.241 e. The van der Waals surface area contributed by atoms with E-state index in [1.807, 2.05) is 19.1 Å². The van der Waals surface area contributed by atoms with Crippen molar-refractivity contribution in [3.8, 4) is 16.9 Å². The van der Waals surface area contributed by atoms with Crippen LogP contribution in [0.1, 0.15) is 26.3 Å². The third-order valence-corrected chi connectivity index (χ3v) is 4.88. The minimum atomic E-state index is -3.58. The van der Waals surface area contributed by atoms with Crippen molar-refractivity contribution in [2.75, 3.05) is 0 Å². The summed E-state index contributed by atoms with van der Waals surface area (Å²) in [6, 6.07) is 12.0. The fourth-order valence-corrected chi connectivity index (χ4v) is 3.56. The quantitative estimate of drug-likeness (QED) is 0.910. The van der Waals surface area contributed by atoms with Crippen molar-refractivity contribution in [2.45, 2.75) is 38.1 Å². The van der Waals surface area contributed by atoms with E-state index < -0.39 is 15.6 Å². The fourth-order valence-electron chi connectivity index (χ4n) is 2.09. The van der Waals surface area contributed by atoms with Crippen LogP contribution in [0.2, 0.25) is 0 Å². The van der Waals surface area contributed by atoms with E-state index in [1.165, 1.54) is 0 Å². The normalized spacial score (nSPS) is 12.4. The van der Waals surface area contributed by atoms with Crippen molar-refractivity contribution in [1.29, 1.82) is 0 Å². The van der Waals surface area contributed by atoms with Gasteiger partial charge in [0, 0.05) is 5.54 Å². The van der Waals surface area contributed by atoms with Crippen molar-refractivity contribution >= 4 is 10.0 Å². The van der Waals surface area contributed by atoms with E-state index in [0.717, 1.165) is 16.7 Å². The number of aryl methyl sites for hydroxylation is 1. The SMILES string of the molecule is Cc1ccc(-c2cccc(S(=O)(=O)NC(C)(C)C)c2)cc1O. The molecule has 5 heteroatoms. The lowest BCUT2D eigenvalue weighted by Gasteiger charge is -2.20. The van der Waals surface area contributed by atoms with E-state index in [9.17, 15) is 13.5 Å². The molecule has 0 aliphatic rings. The Balaban J connectivity index is 2.44. The number of hydrogen-bond donors (Lipinski definition) is 2. The van der Waals surface area contributed by atoms with Gasteiger partial charge in [-0.05, 0) is 62.6 Å². The molecule has 0 radical (unpaired) electrons. The number of rotatable bonds is 3. The molecule has 0 aliphatic heterocycles. The lowest BCUT2D eigenvalue weighted by molar-refractivity contribution is 0.471. The summed E-state index contributed by atoms with van der Waals surface area (Å²) in [6.45, 7) is 7.21. The summed E-state index contributed by atoms with van der Waals surface area (Å²) < 4.78 is 27.4. The zero-order chi connectivity index (χ0) is 16.5. The standard InChI is InChI=1S/C17H21NO3S/c1-12-8-9-14(11-16(12)19)13-6-5-7-15(10-13)22(20,21)18-17(2,3)4/h5-11,18-19H,1-4H3. The molecule has 2 rings (SSSR count). The Hall–Kier alpha value is -1.85. The molecule has 0 saturated heterocycles. The maximum absolute atomic E-state index is 12.4. The van der Waals surface area contributed by atoms with Gasteiger partial charge < -0.3 is 5.11 Å². The second kappa shape index (κ2) is 5.74. The summed E-state index contributed by atoms with van der Waals surface area (Å²) in [5.74, 6) is 0.193. The Morgan fingerprint density at radius 3 is 2.23 bits per heavy atom. The average Bonchev–Trinajstić information content (AvgIpc) is 2.39. The van der Waals surface area contributed by atoms with Crippen LogP contribution in [0.3, 0.4) is 0 Å². The fraction of sp³-hybridized carbons (Fsp3) is 0.294. The minimum absolute atomic E-state index is 0.193. The molecular formula is C17H21NO3S. The first-order valence-corrected chi connectivity index (χ1v) is 8.51. The molecular weight excluding hydrogens is 298 g/mol. The van der Waals surface area contributed by atoms with Crippen molar-refractivity contribution in [2.24, 2.45) is 0 Å². The number of sulfonamides is 1. The van der Waals surface area contributed by atoms with Gasteiger partial charge in [-0.25, -0.2) is 13.1 Å². The Morgan fingerprint density at radius 1 is 1.00 bits per heavy atom. The smallest absolute Gasteiger partial charge is 0.241 e. The van der Waals surface area contributed by atoms with Crippen LogP contribution < -0.4 is 4.72 Å². The summed E-state index contributed by atoms with van der Waals surface area (Å²) in [6.07, 6.45) is 0. The summed E-state index contributed by atoms with van der Waals surface area (Å²) >= 11 is 0. The van der Waals surface area contributed by atoms with Crippen LogP contribution >= 0.6 is 0 Å². The van der Waals surface area contributed by atoms with Crippen LogP contribution in [0.15, 0.2) is 47.4 Å². The molecule has 0 amide bonds. The molecule has 0 aromatic heterocycles. The number of nitrogens with one attached hydrogen (secondary N) is 1. The van der Waals surface area contributed by atoms with Gasteiger partial charge in [-0.1, -0.05) is 24.3 Å². The van der Waals surface area contributed by atoms with Gasteiger partial charge in [-0.15, -0.1) is 0 Å². The number of phenols is 1. The number of hydrogen-bond acceptors (Lipinski definition) is 3. The van der Waals surface area contributed by atoms with Gasteiger partial charge in [0.2, 0.25) is 10.0 Å². The highest BCUT2D eigenvalue weighted by Crippen LogP contribution is 2.27. The molecule has 0 spiro atoms. The van der Waals surface area contributed by atoms with Crippen LogP contribution in [0.5, 0.6) is 5.75 Å². The van der Waals surface area contributed by atoms with Gasteiger partial charge in [0.15, 0.2) is 0 Å². The first-order valence-electron chi connectivity index (χ1n) is 7.02. The second-order valence-corrected chi connectivity index (χ2v) is 8.07. The van der Waals surface area contributed by atoms with Crippen molar-refractivity contribution < 1.29 is 13.5 Å². The largest absolute Gasteiger partial charge is 0.508 e. The summed E-state index contributed by atoms with van der Waals surface area (Å²) in [7, 11) is -3.58. The van der Waals surface area contributed by atoms with Gasteiger partial charge in [0.05, 0.1) is 4.90 Å². The summed E-state index contributed by atoms with van der Waals surface area (Å²) in [4.78, 5) is 0.208. The van der Waals surface area contributed by atoms with E-state index in [2.05, 4.69) is 4.72 Å². The predicted octanol–water partition coefficient (Wildman–Crippen LogP) is 3.44. The first kappa shape index (κ1) is 16.5. The molecule has 0 bridgehead atoms. The lowest BCUT2D eigenvalue weighted by atomic mass is 10.0. The predicted molar refractivity (Wildman–Crippen MR) is 88.4 cm³/mol. The van der Waals surface area contributed by atoms with Gasteiger partial charge in [0.1, 0.15) is 5.75 Å². The van der Waals surface area contributed by atoms with Gasteiger partial charge in [-0.2, -0.15) is 0 Å². The zero-order valence-electron chi connectivity index (χ0n) is 13.2. The minimum Gasteiger partial charge on any atom is -0.508 e. The molecule has 2 N–H and O–H groups in total. The molecule has 0 aliphatic carbocycles. The van der Waals surface area contributed by atoms with Gasteiger partial charge >= 0.3 is 0 Å². The van der Waals surface area contributed by atoms with E-state index in [4.69, 9.17) is 0 Å². The van der Waals surface area contributed by atoms with E-state index in [-0.39, 0.29) is 10.6 Å². The molecule has 0 saturated carbocycles. The maximum atomic E-state index is 12.4. The highest BCUT2D eigenvalue weighted by Gasteiger charge is 2.22. The third kappa shape index (κ3) is 3.87. The van der Waals surface area contributed by atoms with Crippen molar-refractivity contribution in [3.63, 3.8) is 0 Å². The van der Waals surface area contributed by atoms with Crippen LogP contribution in [-0.2, 0) is 10.0 Å². The Labute approximate surface area is 131 Å². The van der Waals surface area contributed by atoms with E-state index >= 15 is 0 Å². The van der Waals surface area contributed by atoms with Gasteiger partial charge in [-0.3, -0.25) is 0 Å². The highest BCUT2D eigenvalue weighted by atomic mass is 32.2. The number of aromatic hydroxyl groups is 1. The molecule has 4 nitrogen and oxygen atoms in total. The Bertz CT molecular complexity index is 790. The van der Waals surface area contributed by atoms with Crippen LogP contribution in [0.25, 0.3) is 11.1 Å². The first-order chi connectivity index (χ1) is 10.1. The topological polar surface area (TPSA) is 66.4 Å². The third-order valence-electron chi connectivity index (χ3n) is 3.13. The lowest BCUT2D eigenvalue weighted by Crippen LogP contribution is -2.40. The molecule has 0 fully saturated rings. The van der Waals surface area contributed by atoms with E-state index in [0.29, 0.717) is 0 Å². The van der Waals surface area contributed by atoms with Crippen LogP contribution in [-0.4, -0.2) is 19.1 Å². The highest BCUT2D eigenvalue weighted by molar-refractivity contribution is 7.89. The van der Waals surface area contributed by atoms with Crippen LogP contribution in [0.4, 0.5) is 0 Å². The molecule has 0 atom stereocenters. The molecule has 2 aromatic carbocycles. The monoisotopic (exact) mass is 319 g/mol. The number of phenolic OH excluding ortho intramolecular Hbond substituents is 1. The average molecular weight is 319 g/mol. The summed E-state index contributed by atoms with van der Waals surface area (Å²) in [5.41, 5.74) is 1.75. The molecule has 0 unspecified atom stereocenters. The molecule has 22 heavy (non-hydrogen) atoms. The Kier molecular flexibility index (Phi) is 4.31. The molecule has 118 valence electrons. The Morgan fingerprint density at radius 2 is 1.64 bits per heavy atom. The van der Waals surface area contributed by atoms with Crippen molar-refractivity contribution in [1.82, 2.24) is 4.72 Å². The van der Waals surface area contributed by atoms with E-state index in [1.54, 1.807) is 51.1 Å². The number of benzene rings is 2. The molecule has 0 heterocycles.